The molecule has 0 saturated carbocycles. The third kappa shape index (κ3) is 4.80. The minimum absolute atomic E-state index is 0.0479. The second-order valence-corrected chi connectivity index (χ2v) is 8.47. The summed E-state index contributed by atoms with van der Waals surface area (Å²) < 4.78 is 8.35. The van der Waals surface area contributed by atoms with E-state index in [1.807, 2.05) is 13.0 Å². The van der Waals surface area contributed by atoms with Crippen molar-refractivity contribution in [1.29, 1.82) is 0 Å². The number of hydrogen-bond acceptors (Lipinski definition) is 7. The molecule has 0 atom stereocenters. The first-order valence-electron chi connectivity index (χ1n) is 10.1. The van der Waals surface area contributed by atoms with Gasteiger partial charge in [0.2, 0.25) is 0 Å². The largest absolute Gasteiger partial charge is 0.390 e. The number of aromatic nitrogens is 5. The zero-order chi connectivity index (χ0) is 24.6. The van der Waals surface area contributed by atoms with Crippen LogP contribution in [-0.4, -0.2) is 35.5 Å². The van der Waals surface area contributed by atoms with Crippen molar-refractivity contribution < 1.29 is 14.2 Å². The minimum Gasteiger partial charge on any atom is -0.361 e. The molecule has 3 heterocycles. The highest BCUT2D eigenvalue weighted by Crippen LogP contribution is 2.24. The third-order valence-electron chi connectivity index (χ3n) is 5.20. The van der Waals surface area contributed by atoms with Crippen molar-refractivity contribution in [2.24, 2.45) is 0 Å². The van der Waals surface area contributed by atoms with Crippen LogP contribution in [0.25, 0.3) is 0 Å². The number of carbonyl (C=O) groups excluding carboxylic acids is 1. The summed E-state index contributed by atoms with van der Waals surface area (Å²) >= 11 is 12.1. The Morgan fingerprint density at radius 3 is 2.44 bits per heavy atom. The molecule has 0 fully saturated rings. The molecule has 11 nitrogen and oxygen atoms in total. The Morgan fingerprint density at radius 2 is 1.76 bits per heavy atom. The first kappa shape index (κ1) is 23.5. The molecule has 176 valence electrons. The fourth-order valence-corrected chi connectivity index (χ4v) is 3.69. The molecular formula is C21H19Cl2N7O4. The van der Waals surface area contributed by atoms with Gasteiger partial charge in [0.05, 0.1) is 45.6 Å². The molecule has 0 unspecified atom stereocenters. The average molecular weight is 504 g/mol. The van der Waals surface area contributed by atoms with E-state index in [1.54, 1.807) is 36.7 Å². The lowest BCUT2D eigenvalue weighted by atomic mass is 10.2. The third-order valence-corrected chi connectivity index (χ3v) is 5.94. The van der Waals surface area contributed by atoms with Crippen molar-refractivity contribution in [2.75, 3.05) is 5.32 Å². The van der Waals surface area contributed by atoms with Gasteiger partial charge in [-0.1, -0.05) is 34.4 Å². The fraction of sp³-hybridized carbons (Fsp3) is 0.238. The molecule has 4 aromatic rings. The summed E-state index contributed by atoms with van der Waals surface area (Å²) in [4.78, 5) is 23.4. The number of carbonyl (C=O) groups is 1. The van der Waals surface area contributed by atoms with Gasteiger partial charge < -0.3 is 20.0 Å². The van der Waals surface area contributed by atoms with Gasteiger partial charge in [0, 0.05) is 11.8 Å². The van der Waals surface area contributed by atoms with Gasteiger partial charge in [-0.15, -0.1) is 0 Å². The van der Waals surface area contributed by atoms with Crippen LogP contribution in [0.15, 0.2) is 34.9 Å². The maximum absolute atomic E-state index is 12.9. The molecule has 4 rings (SSSR count). The van der Waals surface area contributed by atoms with Crippen molar-refractivity contribution in [2.45, 2.75) is 33.9 Å². The van der Waals surface area contributed by atoms with Crippen LogP contribution >= 0.6 is 23.2 Å². The number of aryl methyl sites for hydroxylation is 3. The lowest BCUT2D eigenvalue weighted by Gasteiger charge is -2.06. The van der Waals surface area contributed by atoms with E-state index < -0.39 is 10.8 Å². The van der Waals surface area contributed by atoms with Crippen molar-refractivity contribution in [3.63, 3.8) is 0 Å². The molecule has 3 aromatic heterocycles. The van der Waals surface area contributed by atoms with E-state index in [4.69, 9.17) is 27.7 Å². The number of hydrogen-bond donors (Lipinski definition) is 1. The zero-order valence-corrected chi connectivity index (χ0v) is 19.9. The summed E-state index contributed by atoms with van der Waals surface area (Å²) in [5, 5.41) is 26.9. The van der Waals surface area contributed by atoms with Gasteiger partial charge in [-0.2, -0.15) is 9.78 Å². The van der Waals surface area contributed by atoms with E-state index >= 15 is 0 Å². The van der Waals surface area contributed by atoms with Gasteiger partial charge in [0.25, 0.3) is 5.91 Å². The van der Waals surface area contributed by atoms with E-state index in [1.165, 1.54) is 10.7 Å². The standard InChI is InChI=1S/C21H19Cl2N7O4/c1-11-6-18(25-28(11)9-14-4-5-16(22)17(23)8-14)24-21(31)20-15(13(3)34-27-20)10-29-12(2)7-19(26-29)30(32)33/h4-8H,9-10H2,1-3H3,(H,24,25,31). The Balaban J connectivity index is 1.52. The number of nitrogens with one attached hydrogen (secondary N) is 1. The van der Waals surface area contributed by atoms with Gasteiger partial charge in [-0.05, 0) is 43.4 Å². The van der Waals surface area contributed by atoms with Crippen LogP contribution in [0, 0.1) is 30.9 Å². The SMILES string of the molecule is Cc1onc(C(=O)Nc2cc(C)n(Cc3ccc(Cl)c(Cl)c3)n2)c1Cn1nc([N+](=O)[O-])cc1C. The first-order chi connectivity index (χ1) is 16.1. The number of amides is 1. The number of nitrogens with zero attached hydrogens (tertiary/aromatic N) is 6. The molecule has 1 amide bonds. The van der Waals surface area contributed by atoms with E-state index in [0.29, 0.717) is 39.4 Å². The van der Waals surface area contributed by atoms with Crippen LogP contribution in [0.3, 0.4) is 0 Å². The maximum atomic E-state index is 12.9. The monoisotopic (exact) mass is 503 g/mol. The van der Waals surface area contributed by atoms with Crippen molar-refractivity contribution >= 4 is 40.7 Å². The Bertz CT molecular complexity index is 1410. The van der Waals surface area contributed by atoms with E-state index in [2.05, 4.69) is 20.7 Å². The fourth-order valence-electron chi connectivity index (χ4n) is 3.37. The predicted octanol–water partition coefficient (Wildman–Crippen LogP) is 4.56. The Hall–Kier alpha value is -3.70. The van der Waals surface area contributed by atoms with E-state index in [0.717, 1.165) is 11.3 Å². The average Bonchev–Trinajstić information content (AvgIpc) is 3.43. The van der Waals surface area contributed by atoms with Gasteiger partial charge in [0.1, 0.15) is 5.76 Å². The number of nitro groups is 1. The van der Waals surface area contributed by atoms with Crippen LogP contribution in [0.2, 0.25) is 10.0 Å². The topological polar surface area (TPSA) is 134 Å². The lowest BCUT2D eigenvalue weighted by molar-refractivity contribution is -0.389. The van der Waals surface area contributed by atoms with Gasteiger partial charge >= 0.3 is 5.82 Å². The molecule has 1 N–H and O–H groups in total. The van der Waals surface area contributed by atoms with Gasteiger partial charge in [-0.25, -0.2) is 0 Å². The molecule has 0 aliphatic carbocycles. The summed E-state index contributed by atoms with van der Waals surface area (Å²) in [5.74, 6) is -0.0601. The van der Waals surface area contributed by atoms with Crippen molar-refractivity contribution in [3.8, 4) is 0 Å². The second-order valence-electron chi connectivity index (χ2n) is 7.66. The molecule has 0 aliphatic heterocycles. The lowest BCUT2D eigenvalue weighted by Crippen LogP contribution is -2.17. The van der Waals surface area contributed by atoms with E-state index in [9.17, 15) is 14.9 Å². The molecule has 0 spiro atoms. The summed E-state index contributed by atoms with van der Waals surface area (Å²) in [6.07, 6.45) is 0. The smallest absolute Gasteiger partial charge is 0.361 e. The highest BCUT2D eigenvalue weighted by Gasteiger charge is 2.24. The number of rotatable bonds is 7. The summed E-state index contributed by atoms with van der Waals surface area (Å²) in [6.45, 7) is 5.72. The number of halogens is 2. The molecule has 13 heteroatoms. The highest BCUT2D eigenvalue weighted by atomic mass is 35.5. The molecule has 1 aromatic carbocycles. The quantitative estimate of drug-likeness (QED) is 0.288. The second kappa shape index (κ2) is 9.27. The van der Waals surface area contributed by atoms with Crippen molar-refractivity contribution in [3.05, 3.63) is 84.5 Å². The van der Waals surface area contributed by atoms with Crippen molar-refractivity contribution in [1.82, 2.24) is 24.7 Å². The van der Waals surface area contributed by atoms with Crippen LogP contribution in [0.1, 0.15) is 38.8 Å². The molecule has 0 saturated heterocycles. The minimum atomic E-state index is -0.575. The molecule has 0 bridgehead atoms. The molecule has 0 radical (unpaired) electrons. The zero-order valence-electron chi connectivity index (χ0n) is 18.4. The van der Waals surface area contributed by atoms with Crippen LogP contribution in [-0.2, 0) is 13.1 Å². The summed E-state index contributed by atoms with van der Waals surface area (Å²) in [5.41, 5.74) is 2.79. The summed E-state index contributed by atoms with van der Waals surface area (Å²) in [7, 11) is 0. The Morgan fingerprint density at radius 1 is 1.06 bits per heavy atom. The molecule has 0 aliphatic rings. The Kier molecular flexibility index (Phi) is 6.40. The maximum Gasteiger partial charge on any atom is 0.390 e. The highest BCUT2D eigenvalue weighted by molar-refractivity contribution is 6.42. The Labute approximate surface area is 203 Å². The molecule has 34 heavy (non-hydrogen) atoms. The van der Waals surface area contributed by atoms with Crippen LogP contribution in [0.4, 0.5) is 11.6 Å². The summed E-state index contributed by atoms with van der Waals surface area (Å²) in [6, 6.07) is 8.40. The van der Waals surface area contributed by atoms with Gasteiger partial charge in [-0.3, -0.25) is 9.48 Å². The van der Waals surface area contributed by atoms with E-state index in [-0.39, 0.29) is 18.1 Å². The van der Waals surface area contributed by atoms with Gasteiger partial charge in [0.15, 0.2) is 11.5 Å². The van der Waals surface area contributed by atoms with Crippen LogP contribution in [0.5, 0.6) is 0 Å². The number of anilines is 1. The predicted molar refractivity (Wildman–Crippen MR) is 124 cm³/mol. The number of benzene rings is 1. The van der Waals surface area contributed by atoms with Crippen LogP contribution < -0.4 is 5.32 Å². The molecular weight excluding hydrogens is 485 g/mol. The first-order valence-corrected chi connectivity index (χ1v) is 10.8. The normalized spacial score (nSPS) is 11.1.